The summed E-state index contributed by atoms with van der Waals surface area (Å²) >= 11 is 12.0. The maximum absolute atomic E-state index is 12.5. The molecule has 0 heterocycles. The second kappa shape index (κ2) is 5.76. The average Bonchev–Trinajstić information content (AvgIpc) is 3.02. The number of hydrogen-bond acceptors (Lipinski definition) is 3. The molecule has 1 aromatic carbocycles. The lowest BCUT2D eigenvalue weighted by molar-refractivity contribution is 0.0787. The van der Waals surface area contributed by atoms with E-state index in [1.807, 2.05) is 0 Å². The molecule has 0 saturated heterocycles. The quantitative estimate of drug-likeness (QED) is 0.904. The van der Waals surface area contributed by atoms with Crippen molar-refractivity contribution in [3.8, 4) is 0 Å². The maximum atomic E-state index is 12.5. The van der Waals surface area contributed by atoms with Crippen LogP contribution in [-0.4, -0.2) is 32.8 Å². The summed E-state index contributed by atoms with van der Waals surface area (Å²) in [5.74, 6) is 0.662. The third kappa shape index (κ3) is 3.51. The van der Waals surface area contributed by atoms with E-state index in [1.165, 1.54) is 17.0 Å². The highest BCUT2D eigenvalue weighted by Gasteiger charge is 2.35. The van der Waals surface area contributed by atoms with Crippen molar-refractivity contribution in [3.05, 3.63) is 27.7 Å². The molecule has 1 aliphatic carbocycles. The van der Waals surface area contributed by atoms with E-state index in [9.17, 15) is 13.2 Å². The Morgan fingerprint density at radius 1 is 1.43 bits per heavy atom. The Labute approximate surface area is 134 Å². The summed E-state index contributed by atoms with van der Waals surface area (Å²) in [5, 5.41) is 4.96. The van der Waals surface area contributed by atoms with Crippen molar-refractivity contribution in [1.29, 1.82) is 0 Å². The number of nitrogens with zero attached hydrogens (tertiary/aromatic N) is 1. The second-order valence-corrected chi connectivity index (χ2v) is 7.75. The lowest BCUT2D eigenvalue weighted by Crippen LogP contribution is -2.30. The Morgan fingerprint density at radius 2 is 2.00 bits per heavy atom. The fourth-order valence-electron chi connectivity index (χ4n) is 2.23. The minimum absolute atomic E-state index is 0.0272. The van der Waals surface area contributed by atoms with Gasteiger partial charge in [-0.15, -0.1) is 0 Å². The van der Waals surface area contributed by atoms with Crippen LogP contribution in [0.4, 0.5) is 0 Å². The average molecular weight is 351 g/mol. The van der Waals surface area contributed by atoms with Crippen molar-refractivity contribution in [3.63, 3.8) is 0 Å². The third-order valence-electron chi connectivity index (χ3n) is 3.71. The van der Waals surface area contributed by atoms with E-state index in [1.54, 1.807) is 7.05 Å². The molecule has 1 aromatic rings. The number of primary sulfonamides is 1. The van der Waals surface area contributed by atoms with Crippen molar-refractivity contribution >= 4 is 39.1 Å². The molecule has 8 heteroatoms. The highest BCUT2D eigenvalue weighted by molar-refractivity contribution is 7.89. The Morgan fingerprint density at radius 3 is 2.48 bits per heavy atom. The first-order chi connectivity index (χ1) is 9.62. The van der Waals surface area contributed by atoms with Crippen molar-refractivity contribution in [2.24, 2.45) is 17.0 Å². The van der Waals surface area contributed by atoms with Gasteiger partial charge < -0.3 is 4.90 Å². The van der Waals surface area contributed by atoms with Crippen LogP contribution in [0.15, 0.2) is 17.0 Å². The van der Waals surface area contributed by atoms with Gasteiger partial charge in [0.1, 0.15) is 4.90 Å². The number of benzene rings is 1. The minimum Gasteiger partial charge on any atom is -0.341 e. The van der Waals surface area contributed by atoms with Gasteiger partial charge in [0.25, 0.3) is 5.91 Å². The lowest BCUT2D eigenvalue weighted by atomic mass is 10.2. The highest BCUT2D eigenvalue weighted by atomic mass is 35.5. The third-order valence-corrected chi connectivity index (χ3v) is 5.48. The molecule has 0 bridgehead atoms. The predicted molar refractivity (Wildman–Crippen MR) is 82.1 cm³/mol. The SMILES string of the molecule is CC1CC1CN(C)C(=O)c1c(Cl)ccc(S(N)(=O)=O)c1Cl. The van der Waals surface area contributed by atoms with Crippen LogP contribution < -0.4 is 5.14 Å². The largest absolute Gasteiger partial charge is 0.341 e. The molecule has 1 aliphatic rings. The van der Waals surface area contributed by atoms with E-state index in [0.29, 0.717) is 18.4 Å². The molecule has 1 amide bonds. The minimum atomic E-state index is -4.01. The van der Waals surface area contributed by atoms with Gasteiger partial charge in [0.15, 0.2) is 0 Å². The molecular formula is C13H16Cl2N2O3S. The van der Waals surface area contributed by atoms with E-state index in [0.717, 1.165) is 6.42 Å². The molecule has 5 nitrogen and oxygen atoms in total. The molecule has 116 valence electrons. The molecule has 2 atom stereocenters. The molecule has 0 spiro atoms. The van der Waals surface area contributed by atoms with Crippen LogP contribution >= 0.6 is 23.2 Å². The zero-order valence-corrected chi connectivity index (χ0v) is 14.0. The standard InChI is InChI=1S/C13H16Cl2N2O3S/c1-7-5-8(7)6-17(2)13(18)11-9(14)3-4-10(12(11)15)21(16,19)20/h3-4,7-8H,5-6H2,1-2H3,(H2,16,19,20). The van der Waals surface area contributed by atoms with E-state index in [-0.39, 0.29) is 20.5 Å². The van der Waals surface area contributed by atoms with Crippen LogP contribution in [0.3, 0.4) is 0 Å². The van der Waals surface area contributed by atoms with Crippen LogP contribution in [0.5, 0.6) is 0 Å². The Balaban J connectivity index is 2.36. The molecule has 2 N–H and O–H groups in total. The normalized spacial score (nSPS) is 21.2. The highest BCUT2D eigenvalue weighted by Crippen LogP contribution is 2.39. The first-order valence-electron chi connectivity index (χ1n) is 6.39. The summed E-state index contributed by atoms with van der Waals surface area (Å²) in [5.41, 5.74) is -0.0272. The lowest BCUT2D eigenvalue weighted by Gasteiger charge is -2.19. The molecule has 0 radical (unpaired) electrons. The first-order valence-corrected chi connectivity index (χ1v) is 8.69. The zero-order chi connectivity index (χ0) is 15.9. The van der Waals surface area contributed by atoms with Crippen LogP contribution in [0.1, 0.15) is 23.7 Å². The number of carbonyl (C=O) groups excluding carboxylic acids is 1. The van der Waals surface area contributed by atoms with Crippen LogP contribution in [-0.2, 0) is 10.0 Å². The van der Waals surface area contributed by atoms with Gasteiger partial charge in [-0.05, 0) is 30.4 Å². The number of hydrogen-bond donors (Lipinski definition) is 1. The number of sulfonamides is 1. The molecule has 2 unspecified atom stereocenters. The van der Waals surface area contributed by atoms with Gasteiger partial charge in [-0.25, -0.2) is 13.6 Å². The van der Waals surface area contributed by atoms with E-state index >= 15 is 0 Å². The zero-order valence-electron chi connectivity index (χ0n) is 11.6. The number of halogens is 2. The van der Waals surface area contributed by atoms with Crippen LogP contribution in [0.25, 0.3) is 0 Å². The van der Waals surface area contributed by atoms with E-state index < -0.39 is 15.9 Å². The summed E-state index contributed by atoms with van der Waals surface area (Å²) in [6.45, 7) is 2.71. The van der Waals surface area contributed by atoms with E-state index in [4.69, 9.17) is 28.3 Å². The van der Waals surface area contributed by atoms with Gasteiger partial charge in [0.05, 0.1) is 15.6 Å². The van der Waals surface area contributed by atoms with E-state index in [2.05, 4.69) is 6.92 Å². The molecule has 0 aliphatic heterocycles. The van der Waals surface area contributed by atoms with Crippen molar-refractivity contribution in [2.75, 3.05) is 13.6 Å². The molecule has 0 aromatic heterocycles. The Kier molecular flexibility index (Phi) is 4.54. The number of amides is 1. The summed E-state index contributed by atoms with van der Waals surface area (Å²) in [6, 6.07) is 2.51. The number of rotatable bonds is 4. The van der Waals surface area contributed by atoms with Gasteiger partial charge in [-0.3, -0.25) is 4.79 Å². The Hall–Kier alpha value is -0.820. The van der Waals surface area contributed by atoms with Crippen molar-refractivity contribution in [2.45, 2.75) is 18.2 Å². The summed E-state index contributed by atoms with van der Waals surface area (Å²) in [4.78, 5) is 13.7. The molecular weight excluding hydrogens is 335 g/mol. The summed E-state index contributed by atoms with van der Waals surface area (Å²) in [7, 11) is -2.37. The van der Waals surface area contributed by atoms with Crippen LogP contribution in [0.2, 0.25) is 10.0 Å². The summed E-state index contributed by atoms with van der Waals surface area (Å²) < 4.78 is 22.9. The van der Waals surface area contributed by atoms with Gasteiger partial charge in [0.2, 0.25) is 10.0 Å². The van der Waals surface area contributed by atoms with Crippen LogP contribution in [0, 0.1) is 11.8 Å². The molecule has 1 fully saturated rings. The summed E-state index contributed by atoms with van der Waals surface area (Å²) in [6.07, 6.45) is 1.08. The molecule has 2 rings (SSSR count). The monoisotopic (exact) mass is 350 g/mol. The smallest absolute Gasteiger partial charge is 0.256 e. The van der Waals surface area contributed by atoms with Gasteiger partial charge in [-0.1, -0.05) is 30.1 Å². The molecule has 21 heavy (non-hydrogen) atoms. The maximum Gasteiger partial charge on any atom is 0.256 e. The van der Waals surface area contributed by atoms with Crippen molar-refractivity contribution < 1.29 is 13.2 Å². The van der Waals surface area contributed by atoms with Gasteiger partial charge in [-0.2, -0.15) is 0 Å². The number of nitrogens with two attached hydrogens (primary N) is 1. The van der Waals surface area contributed by atoms with Gasteiger partial charge >= 0.3 is 0 Å². The fourth-order valence-corrected chi connectivity index (χ4v) is 3.69. The molecule has 1 saturated carbocycles. The number of carbonyl (C=O) groups is 1. The Bertz CT molecular complexity index is 691. The fraction of sp³-hybridized carbons (Fsp3) is 0.462. The van der Waals surface area contributed by atoms with Crippen molar-refractivity contribution in [1.82, 2.24) is 4.90 Å². The predicted octanol–water partition coefficient (Wildman–Crippen LogP) is 2.37. The first kappa shape index (κ1) is 16.5. The van der Waals surface area contributed by atoms with Gasteiger partial charge in [0, 0.05) is 13.6 Å². The topological polar surface area (TPSA) is 80.5 Å². The second-order valence-electron chi connectivity index (χ2n) is 5.44.